The number of carbonyl (C=O) groups excluding carboxylic acids is 1. The van der Waals surface area contributed by atoms with E-state index in [1.807, 2.05) is 26.5 Å². The van der Waals surface area contributed by atoms with E-state index >= 15 is 4.39 Å². The van der Waals surface area contributed by atoms with Crippen molar-refractivity contribution in [2.45, 2.75) is 34.6 Å². The molecular weight excluding hydrogens is 1270 g/mol. The molecule has 0 bridgehead atoms. The molecule has 80 heavy (non-hydrogen) atoms. The lowest BCUT2D eigenvalue weighted by molar-refractivity contribution is -0.118. The zero-order chi connectivity index (χ0) is 59.2. The number of carbonyl (C=O) groups is 4. The van der Waals surface area contributed by atoms with E-state index in [0.717, 1.165) is 50.6 Å². The Hall–Kier alpha value is -6.43. The third-order valence-corrected chi connectivity index (χ3v) is 14.7. The van der Waals surface area contributed by atoms with Gasteiger partial charge >= 0.3 is 17.9 Å². The molecule has 4 N–H and O–H groups in total. The van der Waals surface area contributed by atoms with Crippen molar-refractivity contribution < 1.29 is 47.7 Å². The predicted octanol–water partition coefficient (Wildman–Crippen LogP) is 6.16. The van der Waals surface area contributed by atoms with E-state index in [1.165, 1.54) is 24.7 Å². The van der Waals surface area contributed by atoms with Crippen molar-refractivity contribution in [3.05, 3.63) is 118 Å². The highest BCUT2D eigenvalue weighted by Gasteiger charge is 2.28. The molecule has 3 fully saturated rings. The topological polar surface area (TPSA) is 236 Å². The minimum Gasteiger partial charge on any atom is -0.477 e. The van der Waals surface area contributed by atoms with E-state index < -0.39 is 51.6 Å². The van der Waals surface area contributed by atoms with Gasteiger partial charge in [-0.3, -0.25) is 34.0 Å². The second-order valence-electron chi connectivity index (χ2n) is 20.0. The Bertz CT molecular complexity index is 3620. The minimum atomic E-state index is -1.33. The third-order valence-electron chi connectivity index (χ3n) is 14.7. The van der Waals surface area contributed by atoms with E-state index in [0.29, 0.717) is 109 Å². The van der Waals surface area contributed by atoms with Gasteiger partial charge in [-0.2, -0.15) is 0 Å². The van der Waals surface area contributed by atoms with Gasteiger partial charge in [0.2, 0.25) is 16.3 Å². The summed E-state index contributed by atoms with van der Waals surface area (Å²) in [6.45, 7) is 18.3. The number of nitrogens with zero attached hydrogens (tertiary/aromatic N) is 9. The molecule has 0 atom stereocenters. The van der Waals surface area contributed by atoms with E-state index in [-0.39, 0.29) is 38.6 Å². The maximum Gasteiger partial charge on any atom is 0.341 e. The maximum atomic E-state index is 15.0. The van der Waals surface area contributed by atoms with Crippen LogP contribution in [0.4, 0.5) is 30.2 Å². The van der Waals surface area contributed by atoms with Crippen LogP contribution in [-0.4, -0.2) is 167 Å². The van der Waals surface area contributed by atoms with E-state index in [4.69, 9.17) is 5.11 Å². The van der Waals surface area contributed by atoms with Gasteiger partial charge < -0.3 is 49.0 Å². The fraction of sp³-hybridized carbons (Fsp3) is 0.418. The van der Waals surface area contributed by atoms with Gasteiger partial charge in [0, 0.05) is 191 Å². The van der Waals surface area contributed by atoms with E-state index in [9.17, 15) is 52.6 Å². The molecule has 0 radical (unpaired) electrons. The van der Waals surface area contributed by atoms with Crippen LogP contribution in [0.2, 0.25) is 0 Å². The molecule has 3 aromatic heterocycles. The first-order valence-electron chi connectivity index (χ1n) is 25.5. The van der Waals surface area contributed by atoms with Crippen LogP contribution in [0.3, 0.4) is 0 Å². The summed E-state index contributed by atoms with van der Waals surface area (Å²) in [7, 11) is 6.77. The molecule has 0 aliphatic carbocycles. The SMILES string of the molecule is CC(=O)CN1CCN(c2c(F)cc3c(=O)c(C(=O)O)cn(C)c3c2C)CC1.CN=C(C)CN1CCN(c2c(F)cc3c(=O)c(C(=O)O)cn(C)c3c2C)CC1.Cc1c(N2CCNCC2)c(F)cc2c(=O)c(C(=O)O)cn(C)c12.II. The highest BCUT2D eigenvalue weighted by molar-refractivity contribution is 15.0. The van der Waals surface area contributed by atoms with Crippen LogP contribution in [0, 0.1) is 38.2 Å². The van der Waals surface area contributed by atoms with Crippen molar-refractivity contribution in [2.24, 2.45) is 26.1 Å². The van der Waals surface area contributed by atoms with Crippen LogP contribution in [-0.2, 0) is 25.9 Å². The molecule has 25 heteroatoms. The summed E-state index contributed by atoms with van der Waals surface area (Å²) in [5.74, 6) is -5.38. The number of hydrogen-bond donors (Lipinski definition) is 4. The summed E-state index contributed by atoms with van der Waals surface area (Å²) in [4.78, 5) is 96.7. The Morgan fingerprint density at radius 1 is 0.525 bits per heavy atom. The molecule has 0 saturated carbocycles. The summed E-state index contributed by atoms with van der Waals surface area (Å²) in [5, 5.41) is 31.0. The van der Waals surface area contributed by atoms with Gasteiger partial charge in [-0.15, -0.1) is 0 Å². The molecule has 3 aromatic carbocycles. The number of anilines is 3. The zero-order valence-corrected chi connectivity index (χ0v) is 50.3. The van der Waals surface area contributed by atoms with Crippen molar-refractivity contribution in [1.82, 2.24) is 28.8 Å². The van der Waals surface area contributed by atoms with Crippen molar-refractivity contribution in [2.75, 3.05) is 113 Å². The number of ketones is 1. The van der Waals surface area contributed by atoms with Gasteiger partial charge in [0.1, 0.15) is 39.9 Å². The number of benzene rings is 3. The highest BCUT2D eigenvalue weighted by Crippen LogP contribution is 2.34. The number of aryl methyl sites for hydroxylation is 6. The molecule has 9 rings (SSSR count). The molecule has 430 valence electrons. The highest BCUT2D eigenvalue weighted by atomic mass is 128. The standard InChI is InChI=1S/C20H25FN4O3.C19H22FN3O4.C16H18FN3O3.I2/c1-12(22-3)10-24-5-7-25(8-6-24)18-13(2)17-14(9-16(18)21)19(26)15(20(27)28)11-23(17)4;1-11(24)9-22-4-6-23(7-5-22)17-12(2)16-13(8-15(17)20)18(25)14(19(26)27)10-21(16)3;1-9-13-10(15(21)11(16(22)23)8-19(13)2)7-12(17)14(9)20-5-3-18-4-6-20;1-2/h9,11H,5-8,10H2,1-4H3,(H,27,28);8,10H,4-7,9H2,1-3H3,(H,26,27);7-8,18H,3-6H2,1-2H3,(H,22,23);. The summed E-state index contributed by atoms with van der Waals surface area (Å²) < 4.78 is 49.3. The number of fused-ring (bicyclic) bond motifs is 3. The third kappa shape index (κ3) is 13.3. The molecule has 0 amide bonds. The van der Waals surface area contributed by atoms with Crippen LogP contribution in [0.15, 0.2) is 56.2 Å². The van der Waals surface area contributed by atoms with E-state index in [1.54, 1.807) is 69.6 Å². The Morgan fingerprint density at radius 3 is 1.09 bits per heavy atom. The first-order valence-corrected chi connectivity index (χ1v) is 31.8. The normalized spacial score (nSPS) is 15.2. The summed E-state index contributed by atoms with van der Waals surface area (Å²) in [6, 6.07) is 3.47. The largest absolute Gasteiger partial charge is 0.477 e. The molecular formula is C55H65F3I2N10O10. The second kappa shape index (κ2) is 26.9. The minimum absolute atomic E-state index is 0.0614. The number of carboxylic acids is 3. The lowest BCUT2D eigenvalue weighted by Gasteiger charge is -2.37. The van der Waals surface area contributed by atoms with Crippen LogP contribution in [0.5, 0.6) is 0 Å². The molecule has 0 spiro atoms. The number of Topliss-reactive ketones (excluding diaryl/α,β-unsaturated/α-hetero) is 1. The fourth-order valence-electron chi connectivity index (χ4n) is 11.0. The lowest BCUT2D eigenvalue weighted by Crippen LogP contribution is -2.48. The number of aromatic nitrogens is 3. The second-order valence-corrected chi connectivity index (χ2v) is 20.0. The number of aliphatic imine (C=N–C) groups is 1. The average Bonchev–Trinajstić information content (AvgIpc) is 3.40. The smallest absolute Gasteiger partial charge is 0.341 e. The van der Waals surface area contributed by atoms with Crippen molar-refractivity contribution >= 4 is 116 Å². The summed E-state index contributed by atoms with van der Waals surface area (Å²) >= 11 is 4.24. The van der Waals surface area contributed by atoms with Gasteiger partial charge in [-0.1, -0.05) is 0 Å². The number of rotatable bonds is 10. The molecule has 6 heterocycles. The zero-order valence-electron chi connectivity index (χ0n) is 46.0. The first-order chi connectivity index (χ1) is 37.9. The van der Waals surface area contributed by atoms with Crippen molar-refractivity contribution in [3.63, 3.8) is 0 Å². The van der Waals surface area contributed by atoms with Crippen molar-refractivity contribution in [3.8, 4) is 0 Å². The quantitative estimate of drug-likeness (QED) is 0.0888. The van der Waals surface area contributed by atoms with Crippen LogP contribution < -0.4 is 36.3 Å². The number of piperazine rings is 3. The Morgan fingerprint density at radius 2 is 0.812 bits per heavy atom. The average molecular weight is 1340 g/mol. The molecule has 6 aromatic rings. The summed E-state index contributed by atoms with van der Waals surface area (Å²) in [6.07, 6.45) is 3.86. The van der Waals surface area contributed by atoms with Crippen LogP contribution in [0.1, 0.15) is 61.6 Å². The van der Waals surface area contributed by atoms with Gasteiger partial charge in [0.05, 0.1) is 40.2 Å². The Balaban J connectivity index is 0.000000191. The fourth-order valence-corrected chi connectivity index (χ4v) is 11.0. The van der Waals surface area contributed by atoms with Gasteiger partial charge in [-0.05, 0) is 69.5 Å². The van der Waals surface area contributed by atoms with Crippen LogP contribution >= 0.6 is 37.2 Å². The number of pyridine rings is 3. The monoisotopic (exact) mass is 1340 g/mol. The lowest BCUT2D eigenvalue weighted by atomic mass is 10.0. The van der Waals surface area contributed by atoms with Crippen molar-refractivity contribution in [1.29, 1.82) is 0 Å². The van der Waals surface area contributed by atoms with Gasteiger partial charge in [-0.25, -0.2) is 27.6 Å². The van der Waals surface area contributed by atoms with E-state index in [2.05, 4.69) is 52.4 Å². The first kappa shape index (κ1) is 62.8. The molecule has 0 unspecified atom stereocenters. The molecule has 3 aliphatic rings. The molecule has 3 aliphatic heterocycles. The number of carboxylic acid groups (broad SMARTS) is 3. The van der Waals surface area contributed by atoms with Gasteiger partial charge in [0.25, 0.3) is 0 Å². The molecule has 3 saturated heterocycles. The number of hydrogen-bond acceptors (Lipinski definition) is 14. The number of halogens is 5. The number of aromatic carboxylic acids is 3. The maximum absolute atomic E-state index is 15.0. The Labute approximate surface area is 482 Å². The van der Waals surface area contributed by atoms with Crippen LogP contribution in [0.25, 0.3) is 32.7 Å². The predicted molar refractivity (Wildman–Crippen MR) is 323 cm³/mol. The van der Waals surface area contributed by atoms with Gasteiger partial charge in [0.15, 0.2) is 0 Å². The summed E-state index contributed by atoms with van der Waals surface area (Å²) in [5.41, 5.74) is 2.89. The Kier molecular flexibility index (Phi) is 21.1. The number of nitrogens with one attached hydrogen (secondary N) is 1. The molecule has 20 nitrogen and oxygen atoms in total.